The van der Waals surface area contributed by atoms with Gasteiger partial charge in [-0.2, -0.15) is 0 Å². The molecule has 6 nitrogen and oxygen atoms in total. The molecule has 5 aromatic rings. The average molecular weight is 404 g/mol. The van der Waals surface area contributed by atoms with Crippen molar-refractivity contribution in [2.75, 3.05) is 0 Å². The maximum atomic E-state index is 14.7. The molecule has 5 rings (SSSR count). The van der Waals surface area contributed by atoms with E-state index in [1.165, 1.54) is 12.1 Å². The van der Waals surface area contributed by atoms with Crippen LogP contribution in [0.25, 0.3) is 44.3 Å². The number of hydrogen-bond acceptors (Lipinski definition) is 4. The Balaban J connectivity index is 1.54. The van der Waals surface area contributed by atoms with Crippen LogP contribution in [0.1, 0.15) is 11.6 Å². The Morgan fingerprint density at radius 1 is 0.667 bits per heavy atom. The highest BCUT2D eigenvalue weighted by atomic mass is 19.1. The summed E-state index contributed by atoms with van der Waals surface area (Å²) in [4.78, 5) is 14.7. The summed E-state index contributed by atoms with van der Waals surface area (Å²) in [6, 6.07) is 13.2. The third-order valence-corrected chi connectivity index (χ3v) is 5.13. The van der Waals surface area contributed by atoms with Crippen LogP contribution in [0.3, 0.4) is 0 Å². The summed E-state index contributed by atoms with van der Waals surface area (Å²) in [6.07, 6.45) is 0. The van der Waals surface area contributed by atoms with Gasteiger partial charge < -0.3 is 21.4 Å². The van der Waals surface area contributed by atoms with Gasteiger partial charge in [-0.25, -0.2) is 18.7 Å². The first-order chi connectivity index (χ1) is 14.6. The van der Waals surface area contributed by atoms with Gasteiger partial charge in [-0.05, 0) is 23.3 Å². The van der Waals surface area contributed by atoms with Crippen molar-refractivity contribution in [2.24, 2.45) is 11.5 Å². The van der Waals surface area contributed by atoms with Gasteiger partial charge in [0.05, 0.1) is 35.2 Å². The number of hydrogen-bond donors (Lipinski definition) is 4. The van der Waals surface area contributed by atoms with E-state index in [0.717, 1.165) is 0 Å². The summed E-state index contributed by atoms with van der Waals surface area (Å²) >= 11 is 0. The predicted molar refractivity (Wildman–Crippen MR) is 112 cm³/mol. The Kier molecular flexibility index (Phi) is 4.30. The number of H-pyrrole nitrogens is 2. The maximum Gasteiger partial charge on any atom is 0.133 e. The van der Waals surface area contributed by atoms with E-state index in [1.807, 2.05) is 0 Å². The molecule has 0 unspecified atom stereocenters. The summed E-state index contributed by atoms with van der Waals surface area (Å²) in [5.74, 6) is 0.444. The number of benzene rings is 3. The quantitative estimate of drug-likeness (QED) is 0.363. The zero-order valence-electron chi connectivity index (χ0n) is 15.8. The molecule has 150 valence electrons. The fourth-order valence-corrected chi connectivity index (χ4v) is 3.63. The molecule has 8 heteroatoms. The first kappa shape index (κ1) is 18.4. The minimum atomic E-state index is -0.374. The van der Waals surface area contributed by atoms with E-state index in [9.17, 15) is 8.78 Å². The van der Waals surface area contributed by atoms with E-state index in [1.54, 1.807) is 36.4 Å². The zero-order chi connectivity index (χ0) is 20.8. The Hall–Kier alpha value is -3.62. The molecule has 0 bridgehead atoms. The lowest BCUT2D eigenvalue weighted by molar-refractivity contribution is 0.632. The van der Waals surface area contributed by atoms with Crippen molar-refractivity contribution in [2.45, 2.75) is 13.1 Å². The van der Waals surface area contributed by atoms with Gasteiger partial charge in [-0.15, -0.1) is 0 Å². The molecule has 0 aliphatic carbocycles. The molecule has 2 aromatic heterocycles. The van der Waals surface area contributed by atoms with Crippen LogP contribution in [-0.2, 0) is 13.1 Å². The number of nitrogens with zero attached hydrogens (tertiary/aromatic N) is 2. The van der Waals surface area contributed by atoms with E-state index in [-0.39, 0.29) is 24.7 Å². The third kappa shape index (κ3) is 3.02. The summed E-state index contributed by atoms with van der Waals surface area (Å²) < 4.78 is 29.3. The monoisotopic (exact) mass is 404 g/mol. The standard InChI is InChI=1S/C22H18F2N6/c23-15-7-19-17(27-21(9-25)29-19)5-13(15)11-1-2-12(4-3-11)14-6-18-20(8-16(14)24)30-22(10-26)28-18/h1-8H,9-10,25-26H2,(H,27,29)(H,28,30). The van der Waals surface area contributed by atoms with Crippen molar-refractivity contribution >= 4 is 22.1 Å². The largest absolute Gasteiger partial charge is 0.341 e. The van der Waals surface area contributed by atoms with Gasteiger partial charge in [-0.3, -0.25) is 0 Å². The molecule has 0 radical (unpaired) electrons. The lowest BCUT2D eigenvalue weighted by Gasteiger charge is -2.07. The summed E-state index contributed by atoms with van der Waals surface area (Å²) in [5.41, 5.74) is 15.8. The van der Waals surface area contributed by atoms with Crippen molar-refractivity contribution in [3.63, 3.8) is 0 Å². The Morgan fingerprint density at radius 3 is 1.43 bits per heavy atom. The Morgan fingerprint density at radius 2 is 1.07 bits per heavy atom. The lowest BCUT2D eigenvalue weighted by atomic mass is 9.99. The molecule has 0 aliphatic rings. The molecule has 2 heterocycles. The molecule has 0 aliphatic heterocycles. The van der Waals surface area contributed by atoms with Gasteiger partial charge in [0.2, 0.25) is 0 Å². The van der Waals surface area contributed by atoms with Gasteiger partial charge in [0.1, 0.15) is 23.3 Å². The summed E-state index contributed by atoms with van der Waals surface area (Å²) in [5, 5.41) is 0. The topological polar surface area (TPSA) is 109 Å². The summed E-state index contributed by atoms with van der Waals surface area (Å²) in [7, 11) is 0. The van der Waals surface area contributed by atoms with Crippen LogP contribution >= 0.6 is 0 Å². The fraction of sp³-hybridized carbons (Fsp3) is 0.0909. The van der Waals surface area contributed by atoms with E-state index < -0.39 is 0 Å². The second-order valence-corrected chi connectivity index (χ2v) is 7.05. The Bertz CT molecular complexity index is 1280. The van der Waals surface area contributed by atoms with Gasteiger partial charge in [0, 0.05) is 23.3 Å². The van der Waals surface area contributed by atoms with Gasteiger partial charge in [-0.1, -0.05) is 24.3 Å². The second kappa shape index (κ2) is 7.01. The van der Waals surface area contributed by atoms with Crippen molar-refractivity contribution in [1.82, 2.24) is 19.9 Å². The maximum absolute atomic E-state index is 14.7. The van der Waals surface area contributed by atoms with Crippen LogP contribution in [0.5, 0.6) is 0 Å². The van der Waals surface area contributed by atoms with Gasteiger partial charge in [0.15, 0.2) is 0 Å². The zero-order valence-corrected chi connectivity index (χ0v) is 15.8. The molecule has 30 heavy (non-hydrogen) atoms. The number of nitrogens with two attached hydrogens (primary N) is 2. The first-order valence-electron chi connectivity index (χ1n) is 9.43. The van der Waals surface area contributed by atoms with E-state index >= 15 is 0 Å². The van der Waals surface area contributed by atoms with E-state index in [2.05, 4.69) is 19.9 Å². The molecule has 0 saturated carbocycles. The lowest BCUT2D eigenvalue weighted by Crippen LogP contribution is -1.97. The number of rotatable bonds is 4. The molecular weight excluding hydrogens is 386 g/mol. The first-order valence-corrected chi connectivity index (χ1v) is 9.43. The molecule has 0 atom stereocenters. The van der Waals surface area contributed by atoms with Crippen LogP contribution in [0.4, 0.5) is 8.78 Å². The highest BCUT2D eigenvalue weighted by Crippen LogP contribution is 2.31. The number of halogens is 2. The van der Waals surface area contributed by atoms with E-state index in [0.29, 0.717) is 56.0 Å². The third-order valence-electron chi connectivity index (χ3n) is 5.13. The normalized spacial score (nSPS) is 11.6. The molecule has 0 spiro atoms. The SMILES string of the molecule is NCc1nc2cc(-c3ccc(-c4cc5nc(CN)[nH]c5cc4F)cc3)c(F)cc2[nH]1. The van der Waals surface area contributed by atoms with Crippen LogP contribution in [0.15, 0.2) is 48.5 Å². The minimum absolute atomic E-state index is 0.249. The van der Waals surface area contributed by atoms with Gasteiger partial charge in [0.25, 0.3) is 0 Å². The number of aromatic nitrogens is 4. The number of aromatic amines is 2. The van der Waals surface area contributed by atoms with Crippen LogP contribution in [-0.4, -0.2) is 19.9 Å². The van der Waals surface area contributed by atoms with Crippen LogP contribution in [0, 0.1) is 11.6 Å². The van der Waals surface area contributed by atoms with Crippen molar-refractivity contribution in [1.29, 1.82) is 0 Å². The molecule has 3 aromatic carbocycles. The van der Waals surface area contributed by atoms with Gasteiger partial charge >= 0.3 is 0 Å². The highest BCUT2D eigenvalue weighted by molar-refractivity contribution is 5.85. The van der Waals surface area contributed by atoms with Crippen LogP contribution in [0.2, 0.25) is 0 Å². The molecule has 0 amide bonds. The number of fused-ring (bicyclic) bond motifs is 2. The smallest absolute Gasteiger partial charge is 0.133 e. The van der Waals surface area contributed by atoms with E-state index in [4.69, 9.17) is 11.5 Å². The van der Waals surface area contributed by atoms with Crippen molar-refractivity contribution in [3.05, 3.63) is 71.8 Å². The number of nitrogens with one attached hydrogen (secondary N) is 2. The molecular formula is C22H18F2N6. The van der Waals surface area contributed by atoms with Crippen molar-refractivity contribution in [3.8, 4) is 22.3 Å². The minimum Gasteiger partial charge on any atom is -0.341 e. The number of imidazole rings is 2. The highest BCUT2D eigenvalue weighted by Gasteiger charge is 2.13. The summed E-state index contributed by atoms with van der Waals surface area (Å²) in [6.45, 7) is 0.498. The fourth-order valence-electron chi connectivity index (χ4n) is 3.63. The van der Waals surface area contributed by atoms with Crippen LogP contribution < -0.4 is 11.5 Å². The molecule has 6 N–H and O–H groups in total. The molecule has 0 saturated heterocycles. The second-order valence-electron chi connectivity index (χ2n) is 7.05. The molecule has 0 fully saturated rings. The predicted octanol–water partition coefficient (Wildman–Crippen LogP) is 3.97. The Labute approximate surface area is 170 Å². The van der Waals surface area contributed by atoms with Crippen molar-refractivity contribution < 1.29 is 8.78 Å². The average Bonchev–Trinajstić information content (AvgIpc) is 3.35.